The highest BCUT2D eigenvalue weighted by Crippen LogP contribution is 2.30. The average molecular weight is 320 g/mol. The minimum Gasteiger partial charge on any atom is -0.338 e. The maximum absolute atomic E-state index is 13.4. The van der Waals surface area contributed by atoms with Gasteiger partial charge in [0.05, 0.1) is 0 Å². The van der Waals surface area contributed by atoms with Crippen LogP contribution < -0.4 is 0 Å². The smallest absolute Gasteiger partial charge is 0.264 e. The van der Waals surface area contributed by atoms with E-state index >= 15 is 0 Å². The summed E-state index contributed by atoms with van der Waals surface area (Å²) in [6, 6.07) is 3.21. The third-order valence-electron chi connectivity index (χ3n) is 3.41. The van der Waals surface area contributed by atoms with Crippen molar-refractivity contribution in [3.63, 3.8) is 0 Å². The van der Waals surface area contributed by atoms with E-state index in [1.807, 2.05) is 0 Å². The maximum atomic E-state index is 13.4. The minimum atomic E-state index is -4.21. The summed E-state index contributed by atoms with van der Waals surface area (Å²) < 4.78 is 35.9. The Bertz CT molecular complexity index is 658. The van der Waals surface area contributed by atoms with Gasteiger partial charge < -0.3 is 4.90 Å². The molecule has 1 aliphatic rings. The van der Waals surface area contributed by atoms with E-state index in [2.05, 4.69) is 13.8 Å². The second kappa shape index (κ2) is 5.00. The highest BCUT2D eigenvalue weighted by molar-refractivity contribution is 8.13. The first-order chi connectivity index (χ1) is 9.10. The van der Waals surface area contributed by atoms with Crippen molar-refractivity contribution < 1.29 is 17.6 Å². The van der Waals surface area contributed by atoms with E-state index in [1.54, 1.807) is 4.90 Å². The van der Waals surface area contributed by atoms with Gasteiger partial charge in [-0.25, -0.2) is 12.8 Å². The van der Waals surface area contributed by atoms with E-state index in [9.17, 15) is 17.6 Å². The van der Waals surface area contributed by atoms with Gasteiger partial charge >= 0.3 is 0 Å². The Morgan fingerprint density at radius 3 is 2.55 bits per heavy atom. The zero-order valence-corrected chi connectivity index (χ0v) is 12.8. The molecule has 0 N–H and O–H groups in total. The lowest BCUT2D eigenvalue weighted by molar-refractivity contribution is 0.0778. The molecule has 0 atom stereocenters. The zero-order valence-electron chi connectivity index (χ0n) is 11.2. The summed E-state index contributed by atoms with van der Waals surface area (Å²) in [5.41, 5.74) is 0.167. The molecule has 1 aromatic rings. The highest BCUT2D eigenvalue weighted by Gasteiger charge is 2.32. The lowest BCUT2D eigenvalue weighted by atomic mass is 9.93. The molecule has 1 aliphatic heterocycles. The average Bonchev–Trinajstić information content (AvgIpc) is 2.68. The van der Waals surface area contributed by atoms with Gasteiger partial charge in [0.15, 0.2) is 0 Å². The molecule has 0 bridgehead atoms. The summed E-state index contributed by atoms with van der Waals surface area (Å²) in [7, 11) is 0.943. The molecule has 1 amide bonds. The van der Waals surface area contributed by atoms with Crippen molar-refractivity contribution >= 4 is 25.6 Å². The topological polar surface area (TPSA) is 54.5 Å². The molecule has 2 rings (SSSR count). The van der Waals surface area contributed by atoms with Crippen LogP contribution in [0.2, 0.25) is 0 Å². The molecule has 1 heterocycles. The quantitative estimate of drug-likeness (QED) is 0.787. The van der Waals surface area contributed by atoms with E-state index in [0.717, 1.165) is 18.6 Å². The first kappa shape index (κ1) is 15.3. The van der Waals surface area contributed by atoms with Crippen LogP contribution in [0.15, 0.2) is 23.1 Å². The molecular formula is C13H15ClFNO3S. The molecule has 1 fully saturated rings. The number of carbonyl (C=O) groups is 1. The van der Waals surface area contributed by atoms with Gasteiger partial charge in [0.1, 0.15) is 10.7 Å². The van der Waals surface area contributed by atoms with Crippen molar-refractivity contribution in [1.29, 1.82) is 0 Å². The molecule has 1 aromatic carbocycles. The van der Waals surface area contributed by atoms with Crippen LogP contribution in [0.3, 0.4) is 0 Å². The molecule has 110 valence electrons. The Morgan fingerprint density at radius 2 is 2.05 bits per heavy atom. The predicted molar refractivity (Wildman–Crippen MR) is 73.7 cm³/mol. The van der Waals surface area contributed by atoms with E-state index < -0.39 is 19.8 Å². The van der Waals surface area contributed by atoms with Crippen LogP contribution in [0, 0.1) is 11.2 Å². The Labute approximate surface area is 121 Å². The van der Waals surface area contributed by atoms with Crippen LogP contribution in [0.25, 0.3) is 0 Å². The van der Waals surface area contributed by atoms with Gasteiger partial charge in [0.2, 0.25) is 0 Å². The van der Waals surface area contributed by atoms with Gasteiger partial charge in [-0.2, -0.15) is 0 Å². The fourth-order valence-corrected chi connectivity index (χ4v) is 3.22. The largest absolute Gasteiger partial charge is 0.338 e. The SMILES string of the molecule is CC1(C)CCN(C(=O)c2ccc(F)c(S(=O)(=O)Cl)c2)C1. The van der Waals surface area contributed by atoms with Gasteiger partial charge in [-0.15, -0.1) is 0 Å². The molecule has 0 saturated carbocycles. The molecule has 1 saturated heterocycles. The lowest BCUT2D eigenvalue weighted by Crippen LogP contribution is -2.30. The summed E-state index contributed by atoms with van der Waals surface area (Å²) >= 11 is 0. The second-order valence-corrected chi connectivity index (χ2v) is 8.26. The lowest BCUT2D eigenvalue weighted by Gasteiger charge is -2.20. The van der Waals surface area contributed by atoms with Crippen LogP contribution in [0.4, 0.5) is 4.39 Å². The molecule has 0 aromatic heterocycles. The zero-order chi connectivity index (χ0) is 15.1. The van der Waals surface area contributed by atoms with E-state index in [1.165, 1.54) is 6.07 Å². The van der Waals surface area contributed by atoms with Crippen LogP contribution in [-0.2, 0) is 9.05 Å². The first-order valence-electron chi connectivity index (χ1n) is 6.14. The number of hydrogen-bond acceptors (Lipinski definition) is 3. The number of halogens is 2. The number of nitrogens with zero attached hydrogens (tertiary/aromatic N) is 1. The van der Waals surface area contributed by atoms with Crippen molar-refractivity contribution in [2.75, 3.05) is 13.1 Å². The normalized spacial score (nSPS) is 18.3. The van der Waals surface area contributed by atoms with Gasteiger partial charge in [0, 0.05) is 29.3 Å². The fourth-order valence-electron chi connectivity index (χ4n) is 2.29. The van der Waals surface area contributed by atoms with Crippen molar-refractivity contribution in [2.45, 2.75) is 25.2 Å². The van der Waals surface area contributed by atoms with Crippen molar-refractivity contribution in [2.24, 2.45) is 5.41 Å². The molecule has 0 spiro atoms. The van der Waals surface area contributed by atoms with Crippen LogP contribution in [0.1, 0.15) is 30.6 Å². The number of rotatable bonds is 2. The third-order valence-corrected chi connectivity index (χ3v) is 4.74. The number of likely N-dealkylation sites (tertiary alicyclic amines) is 1. The predicted octanol–water partition coefficient (Wildman–Crippen LogP) is 2.63. The second-order valence-electron chi connectivity index (χ2n) is 5.72. The monoisotopic (exact) mass is 319 g/mol. The van der Waals surface area contributed by atoms with E-state index in [-0.39, 0.29) is 16.9 Å². The molecule has 0 aliphatic carbocycles. The van der Waals surface area contributed by atoms with Crippen molar-refractivity contribution in [3.8, 4) is 0 Å². The van der Waals surface area contributed by atoms with E-state index in [4.69, 9.17) is 10.7 Å². The van der Waals surface area contributed by atoms with Crippen LogP contribution in [0.5, 0.6) is 0 Å². The van der Waals surface area contributed by atoms with Crippen molar-refractivity contribution in [3.05, 3.63) is 29.6 Å². The highest BCUT2D eigenvalue weighted by atomic mass is 35.7. The van der Waals surface area contributed by atoms with Gasteiger partial charge in [0.25, 0.3) is 15.0 Å². The Hall–Kier alpha value is -1.14. The molecule has 4 nitrogen and oxygen atoms in total. The first-order valence-corrected chi connectivity index (χ1v) is 8.45. The van der Waals surface area contributed by atoms with Gasteiger partial charge in [-0.05, 0) is 30.0 Å². The Kier molecular flexibility index (Phi) is 3.81. The molecule has 20 heavy (non-hydrogen) atoms. The number of benzene rings is 1. The number of amides is 1. The summed E-state index contributed by atoms with van der Waals surface area (Å²) in [6.45, 7) is 5.30. The Morgan fingerprint density at radius 1 is 1.40 bits per heavy atom. The number of hydrogen-bond donors (Lipinski definition) is 0. The molecule has 7 heteroatoms. The Balaban J connectivity index is 2.33. The molecular weight excluding hydrogens is 305 g/mol. The van der Waals surface area contributed by atoms with Crippen LogP contribution in [-0.4, -0.2) is 32.3 Å². The fraction of sp³-hybridized carbons (Fsp3) is 0.462. The standard InChI is InChI=1S/C13H15ClFNO3S/c1-13(2)5-6-16(8-13)12(17)9-3-4-10(15)11(7-9)20(14,18)19/h3-4,7H,5-6,8H2,1-2H3. The number of carbonyl (C=O) groups excluding carboxylic acids is 1. The minimum absolute atomic E-state index is 0.0388. The summed E-state index contributed by atoms with van der Waals surface area (Å²) in [6.07, 6.45) is 0.876. The van der Waals surface area contributed by atoms with E-state index in [0.29, 0.717) is 13.1 Å². The maximum Gasteiger partial charge on any atom is 0.264 e. The summed E-state index contributed by atoms with van der Waals surface area (Å²) in [5.74, 6) is -1.27. The van der Waals surface area contributed by atoms with Gasteiger partial charge in [-0.3, -0.25) is 4.79 Å². The van der Waals surface area contributed by atoms with Gasteiger partial charge in [-0.1, -0.05) is 13.8 Å². The van der Waals surface area contributed by atoms with Crippen LogP contribution >= 0.6 is 10.7 Å². The third kappa shape index (κ3) is 3.12. The van der Waals surface area contributed by atoms with Crippen molar-refractivity contribution in [1.82, 2.24) is 4.90 Å². The molecule has 0 unspecified atom stereocenters. The molecule has 0 radical (unpaired) electrons. The summed E-state index contributed by atoms with van der Waals surface area (Å²) in [4.78, 5) is 13.3. The summed E-state index contributed by atoms with van der Waals surface area (Å²) in [5, 5.41) is 0.